The van der Waals surface area contributed by atoms with E-state index in [0.717, 1.165) is 16.9 Å². The van der Waals surface area contributed by atoms with Crippen LogP contribution in [0.4, 0.5) is 5.82 Å². The molecule has 0 aliphatic heterocycles. The monoisotopic (exact) mass is 247 g/mol. The van der Waals surface area contributed by atoms with Crippen molar-refractivity contribution in [3.8, 4) is 0 Å². The number of fused-ring (bicyclic) bond motifs is 1. The minimum atomic E-state index is 0.0551. The van der Waals surface area contributed by atoms with E-state index >= 15 is 0 Å². The first-order valence-corrected chi connectivity index (χ1v) is 5.93. The second-order valence-corrected chi connectivity index (χ2v) is 3.97. The van der Waals surface area contributed by atoms with Gasteiger partial charge in [-0.15, -0.1) is 0 Å². The van der Waals surface area contributed by atoms with Crippen LogP contribution in [0.25, 0.3) is 11.0 Å². The van der Waals surface area contributed by atoms with Crippen molar-refractivity contribution in [2.24, 2.45) is 0 Å². The number of likely N-dealkylation sites (N-methyl/N-ethyl adjacent to an activating group) is 1. The van der Waals surface area contributed by atoms with Crippen molar-refractivity contribution in [3.05, 3.63) is 30.5 Å². The molecule has 0 saturated carbocycles. The number of benzene rings is 1. The van der Waals surface area contributed by atoms with E-state index in [2.05, 4.69) is 9.97 Å². The zero-order chi connectivity index (χ0) is 12.8. The van der Waals surface area contributed by atoms with Crippen LogP contribution in [-0.4, -0.2) is 48.5 Å². The van der Waals surface area contributed by atoms with Gasteiger partial charge < -0.3 is 14.7 Å². The lowest BCUT2D eigenvalue weighted by molar-refractivity contribution is 0.0970. The summed E-state index contributed by atoms with van der Waals surface area (Å²) in [5.74, 6) is 0.821. The maximum Gasteiger partial charge on any atom is 0.147 e. The Morgan fingerprint density at radius 1 is 1.22 bits per heavy atom. The number of hydrogen-bond acceptors (Lipinski definition) is 5. The van der Waals surface area contributed by atoms with Crippen LogP contribution >= 0.6 is 0 Å². The van der Waals surface area contributed by atoms with Gasteiger partial charge in [-0.25, -0.2) is 4.98 Å². The third-order valence-electron chi connectivity index (χ3n) is 2.63. The molecule has 0 saturated heterocycles. The minimum absolute atomic E-state index is 0.0551. The molecule has 1 aromatic carbocycles. The highest BCUT2D eigenvalue weighted by atomic mass is 16.5. The Kier molecular flexibility index (Phi) is 4.44. The van der Waals surface area contributed by atoms with E-state index in [9.17, 15) is 0 Å². The van der Waals surface area contributed by atoms with Crippen molar-refractivity contribution in [1.29, 1.82) is 0 Å². The first-order valence-electron chi connectivity index (χ1n) is 5.93. The third kappa shape index (κ3) is 3.15. The lowest BCUT2D eigenvalue weighted by atomic mass is 10.3. The number of aromatic nitrogens is 2. The average molecular weight is 247 g/mol. The number of hydrogen-bond donors (Lipinski definition) is 1. The Hall–Kier alpha value is -1.72. The fourth-order valence-electron chi connectivity index (χ4n) is 1.61. The van der Waals surface area contributed by atoms with Gasteiger partial charge in [0.2, 0.25) is 0 Å². The summed E-state index contributed by atoms with van der Waals surface area (Å²) in [6.45, 7) is 1.70. The van der Waals surface area contributed by atoms with Gasteiger partial charge in [0.05, 0.1) is 37.1 Å². The van der Waals surface area contributed by atoms with Gasteiger partial charge >= 0.3 is 0 Å². The van der Waals surface area contributed by atoms with E-state index in [1.807, 2.05) is 36.2 Å². The van der Waals surface area contributed by atoms with Crippen LogP contribution in [-0.2, 0) is 4.74 Å². The van der Waals surface area contributed by atoms with Crippen molar-refractivity contribution in [1.82, 2.24) is 9.97 Å². The van der Waals surface area contributed by atoms with E-state index in [1.165, 1.54) is 0 Å². The molecule has 18 heavy (non-hydrogen) atoms. The van der Waals surface area contributed by atoms with Gasteiger partial charge in [-0.2, -0.15) is 0 Å². The molecule has 0 aliphatic rings. The Labute approximate surface area is 106 Å². The van der Waals surface area contributed by atoms with Crippen molar-refractivity contribution >= 4 is 16.9 Å². The molecule has 0 unspecified atom stereocenters. The summed E-state index contributed by atoms with van der Waals surface area (Å²) in [6.07, 6.45) is 1.76. The normalized spacial score (nSPS) is 10.8. The van der Waals surface area contributed by atoms with Crippen LogP contribution in [0.15, 0.2) is 30.5 Å². The Morgan fingerprint density at radius 3 is 2.78 bits per heavy atom. The Morgan fingerprint density at radius 2 is 2.00 bits per heavy atom. The molecule has 0 aliphatic carbocycles. The first kappa shape index (κ1) is 12.7. The fourth-order valence-corrected chi connectivity index (χ4v) is 1.61. The van der Waals surface area contributed by atoms with E-state index in [-0.39, 0.29) is 6.61 Å². The van der Waals surface area contributed by atoms with Gasteiger partial charge in [0.25, 0.3) is 0 Å². The Bertz CT molecular complexity index is 504. The molecule has 0 amide bonds. The maximum absolute atomic E-state index is 8.61. The molecule has 5 nitrogen and oxygen atoms in total. The smallest absolute Gasteiger partial charge is 0.147 e. The van der Waals surface area contributed by atoms with Gasteiger partial charge in [0.1, 0.15) is 5.82 Å². The topological polar surface area (TPSA) is 58.5 Å². The molecule has 0 atom stereocenters. The van der Waals surface area contributed by atoms with Gasteiger partial charge in [-0.1, -0.05) is 12.1 Å². The quantitative estimate of drug-likeness (QED) is 0.774. The predicted molar refractivity (Wildman–Crippen MR) is 70.7 cm³/mol. The molecule has 1 N–H and O–H groups in total. The Balaban J connectivity index is 2.01. The molecule has 0 spiro atoms. The summed E-state index contributed by atoms with van der Waals surface area (Å²) >= 11 is 0. The summed E-state index contributed by atoms with van der Waals surface area (Å²) in [5, 5.41) is 8.61. The van der Waals surface area contributed by atoms with Crippen molar-refractivity contribution in [2.75, 3.05) is 38.3 Å². The highest BCUT2D eigenvalue weighted by molar-refractivity contribution is 5.75. The van der Waals surface area contributed by atoms with Crippen LogP contribution in [0.2, 0.25) is 0 Å². The van der Waals surface area contributed by atoms with Gasteiger partial charge in [0.15, 0.2) is 0 Å². The van der Waals surface area contributed by atoms with Crippen LogP contribution < -0.4 is 4.90 Å². The molecule has 2 rings (SSSR count). The number of ether oxygens (including phenoxy) is 1. The van der Waals surface area contributed by atoms with Gasteiger partial charge in [-0.3, -0.25) is 4.98 Å². The van der Waals surface area contributed by atoms with Crippen LogP contribution in [0, 0.1) is 0 Å². The number of rotatable bonds is 6. The van der Waals surface area contributed by atoms with Crippen LogP contribution in [0.5, 0.6) is 0 Å². The largest absolute Gasteiger partial charge is 0.394 e. The molecule has 2 aromatic rings. The fraction of sp³-hybridized carbons (Fsp3) is 0.385. The maximum atomic E-state index is 8.61. The number of aliphatic hydroxyl groups is 1. The SMILES string of the molecule is CN(CCOCCO)c1cnc2ccccc2n1. The highest BCUT2D eigenvalue weighted by Crippen LogP contribution is 2.13. The molecular formula is C13H17N3O2. The number of para-hydroxylation sites is 2. The molecule has 0 radical (unpaired) electrons. The third-order valence-corrected chi connectivity index (χ3v) is 2.63. The predicted octanol–water partition coefficient (Wildman–Crippen LogP) is 1.07. The lowest BCUT2D eigenvalue weighted by Gasteiger charge is -2.17. The van der Waals surface area contributed by atoms with E-state index in [0.29, 0.717) is 19.8 Å². The van der Waals surface area contributed by atoms with E-state index in [4.69, 9.17) is 9.84 Å². The highest BCUT2D eigenvalue weighted by Gasteiger charge is 2.04. The van der Waals surface area contributed by atoms with E-state index < -0.39 is 0 Å². The summed E-state index contributed by atoms with van der Waals surface area (Å²) in [7, 11) is 1.95. The molecule has 1 aromatic heterocycles. The summed E-state index contributed by atoms with van der Waals surface area (Å²) in [5.41, 5.74) is 1.78. The van der Waals surface area contributed by atoms with Crippen molar-refractivity contribution < 1.29 is 9.84 Å². The molecule has 1 heterocycles. The summed E-state index contributed by atoms with van der Waals surface area (Å²) < 4.78 is 5.22. The second kappa shape index (κ2) is 6.28. The zero-order valence-electron chi connectivity index (χ0n) is 10.4. The van der Waals surface area contributed by atoms with Gasteiger partial charge in [-0.05, 0) is 12.1 Å². The van der Waals surface area contributed by atoms with Crippen LogP contribution in [0.1, 0.15) is 0 Å². The van der Waals surface area contributed by atoms with E-state index in [1.54, 1.807) is 6.20 Å². The van der Waals surface area contributed by atoms with Crippen LogP contribution in [0.3, 0.4) is 0 Å². The number of nitrogens with zero attached hydrogens (tertiary/aromatic N) is 3. The molecular weight excluding hydrogens is 230 g/mol. The summed E-state index contributed by atoms with van der Waals surface area (Å²) in [4.78, 5) is 10.9. The standard InChI is InChI=1S/C13H17N3O2/c1-16(6-8-18-9-7-17)13-10-14-11-4-2-3-5-12(11)15-13/h2-5,10,17H,6-9H2,1H3. The minimum Gasteiger partial charge on any atom is -0.394 e. The lowest BCUT2D eigenvalue weighted by Crippen LogP contribution is -2.24. The van der Waals surface area contributed by atoms with Crippen molar-refractivity contribution in [3.63, 3.8) is 0 Å². The van der Waals surface area contributed by atoms with Gasteiger partial charge in [0, 0.05) is 13.6 Å². The zero-order valence-corrected chi connectivity index (χ0v) is 10.4. The molecule has 5 heteroatoms. The number of aliphatic hydroxyl groups excluding tert-OH is 1. The number of anilines is 1. The molecule has 96 valence electrons. The molecule has 0 bridgehead atoms. The van der Waals surface area contributed by atoms with Crippen molar-refractivity contribution in [2.45, 2.75) is 0 Å². The average Bonchev–Trinajstić information content (AvgIpc) is 2.43. The molecule has 0 fully saturated rings. The summed E-state index contributed by atoms with van der Waals surface area (Å²) in [6, 6.07) is 7.78. The first-order chi connectivity index (χ1) is 8.81. The second-order valence-electron chi connectivity index (χ2n) is 3.97.